The van der Waals surface area contributed by atoms with Crippen LogP contribution in [0, 0.1) is 10.1 Å². The normalized spacial score (nSPS) is 14.5. The zero-order valence-corrected chi connectivity index (χ0v) is 24.0. The molecule has 1 heterocycles. The fourth-order valence-corrected chi connectivity index (χ4v) is 4.92. The van der Waals surface area contributed by atoms with Gasteiger partial charge in [-0.1, -0.05) is 35.5 Å². The summed E-state index contributed by atoms with van der Waals surface area (Å²) in [4.78, 5) is 43.4. The molecule has 1 N–H and O–H groups in total. The minimum atomic E-state index is -0.775. The van der Waals surface area contributed by atoms with Gasteiger partial charge in [-0.05, 0) is 48.9 Å². The summed E-state index contributed by atoms with van der Waals surface area (Å²) < 4.78 is 15.8. The number of non-ortho nitro benzene ring substituents is 1. The molecule has 0 fully saturated rings. The molecular formula is C28H25ClN4O7S. The number of amides is 2. The van der Waals surface area contributed by atoms with Gasteiger partial charge in [0.1, 0.15) is 22.9 Å². The minimum Gasteiger partial charge on any atom is -0.497 e. The fraction of sp³-hybridized carbons (Fsp3) is 0.179. The van der Waals surface area contributed by atoms with Crippen LogP contribution in [-0.2, 0) is 9.59 Å². The topological polar surface area (TPSA) is 133 Å². The number of rotatable bonds is 9. The molecule has 2 amide bonds. The van der Waals surface area contributed by atoms with Crippen LogP contribution in [0.1, 0.15) is 12.5 Å². The Morgan fingerprint density at radius 2 is 1.76 bits per heavy atom. The van der Waals surface area contributed by atoms with Crippen LogP contribution < -0.4 is 24.4 Å². The Morgan fingerprint density at radius 3 is 2.39 bits per heavy atom. The zero-order chi connectivity index (χ0) is 29.7. The molecule has 0 bridgehead atoms. The number of carbonyl (C=O) groups is 2. The van der Waals surface area contributed by atoms with Gasteiger partial charge in [0.2, 0.25) is 5.91 Å². The molecule has 0 saturated carbocycles. The average molecular weight is 597 g/mol. The highest BCUT2D eigenvalue weighted by Gasteiger charge is 2.35. The maximum absolute atomic E-state index is 13.6. The fourth-order valence-electron chi connectivity index (χ4n) is 3.80. The van der Waals surface area contributed by atoms with Crippen molar-refractivity contribution >= 4 is 63.5 Å². The standard InChI is InChI=1S/C28H25ClN4O7S/c1-16(26(34)30-22-14-19(33(36)37)8-12-24(22)39-3)41-28-31-23(13-17-5-9-20(38-2)10-6-17)27(35)32(28)18-7-11-21(29)25(15-18)40-4/h5-16H,1-4H3,(H,30,34)/b23-13-/t16-/m0/s1. The van der Waals surface area contributed by atoms with Crippen LogP contribution in [0.15, 0.2) is 71.4 Å². The molecule has 1 atom stereocenters. The molecule has 0 saturated heterocycles. The first-order chi connectivity index (χ1) is 19.6. The summed E-state index contributed by atoms with van der Waals surface area (Å²) in [6.07, 6.45) is 1.63. The molecule has 41 heavy (non-hydrogen) atoms. The monoisotopic (exact) mass is 596 g/mol. The van der Waals surface area contributed by atoms with Crippen molar-refractivity contribution in [3.05, 3.63) is 87.1 Å². The Kier molecular flexibility index (Phi) is 9.15. The van der Waals surface area contributed by atoms with Gasteiger partial charge in [-0.2, -0.15) is 0 Å². The second-order valence-electron chi connectivity index (χ2n) is 8.55. The molecule has 1 aliphatic rings. The minimum absolute atomic E-state index is 0.142. The lowest BCUT2D eigenvalue weighted by Gasteiger charge is -2.21. The van der Waals surface area contributed by atoms with Crippen LogP contribution in [-0.4, -0.2) is 48.5 Å². The van der Waals surface area contributed by atoms with Crippen LogP contribution >= 0.6 is 23.4 Å². The molecule has 4 rings (SSSR count). The van der Waals surface area contributed by atoms with Crippen molar-refractivity contribution in [2.75, 3.05) is 31.5 Å². The number of nitrogens with one attached hydrogen (secondary N) is 1. The molecular weight excluding hydrogens is 572 g/mol. The average Bonchev–Trinajstić information content (AvgIpc) is 3.27. The molecule has 212 valence electrons. The van der Waals surface area contributed by atoms with Crippen molar-refractivity contribution in [2.45, 2.75) is 12.2 Å². The van der Waals surface area contributed by atoms with Crippen LogP contribution in [0.3, 0.4) is 0 Å². The lowest BCUT2D eigenvalue weighted by molar-refractivity contribution is -0.384. The van der Waals surface area contributed by atoms with E-state index in [-0.39, 0.29) is 28.0 Å². The van der Waals surface area contributed by atoms with E-state index in [0.29, 0.717) is 22.2 Å². The first kappa shape index (κ1) is 29.4. The molecule has 3 aromatic carbocycles. The van der Waals surface area contributed by atoms with E-state index >= 15 is 0 Å². The second kappa shape index (κ2) is 12.7. The van der Waals surface area contributed by atoms with Crippen molar-refractivity contribution < 1.29 is 28.7 Å². The molecule has 3 aromatic rings. The van der Waals surface area contributed by atoms with Crippen molar-refractivity contribution in [1.29, 1.82) is 0 Å². The Balaban J connectivity index is 1.65. The zero-order valence-electron chi connectivity index (χ0n) is 22.4. The summed E-state index contributed by atoms with van der Waals surface area (Å²) in [5, 5.41) is 13.7. The first-order valence-electron chi connectivity index (χ1n) is 12.1. The van der Waals surface area contributed by atoms with E-state index in [1.165, 1.54) is 37.3 Å². The van der Waals surface area contributed by atoms with Gasteiger partial charge in [-0.25, -0.2) is 4.99 Å². The summed E-state index contributed by atoms with van der Waals surface area (Å²) in [7, 11) is 4.42. The molecule has 11 nitrogen and oxygen atoms in total. The van der Waals surface area contributed by atoms with Gasteiger partial charge in [0.05, 0.1) is 47.9 Å². The number of thioether (sulfide) groups is 1. The molecule has 0 unspecified atom stereocenters. The van der Waals surface area contributed by atoms with Crippen molar-refractivity contribution in [3.8, 4) is 17.2 Å². The lowest BCUT2D eigenvalue weighted by Crippen LogP contribution is -2.33. The molecule has 0 radical (unpaired) electrons. The van der Waals surface area contributed by atoms with Gasteiger partial charge in [-0.15, -0.1) is 0 Å². The number of aliphatic imine (C=N–C) groups is 1. The summed E-state index contributed by atoms with van der Waals surface area (Å²) in [5.41, 5.74) is 1.25. The Labute approximate surface area is 244 Å². The smallest absolute Gasteiger partial charge is 0.283 e. The number of anilines is 2. The summed E-state index contributed by atoms with van der Waals surface area (Å²) in [6.45, 7) is 1.63. The molecule has 0 spiro atoms. The van der Waals surface area contributed by atoms with Crippen molar-refractivity contribution in [2.24, 2.45) is 4.99 Å². The number of halogens is 1. The number of nitro benzene ring substituents is 1. The van der Waals surface area contributed by atoms with Gasteiger partial charge in [0.15, 0.2) is 5.17 Å². The highest BCUT2D eigenvalue weighted by Crippen LogP contribution is 2.36. The highest BCUT2D eigenvalue weighted by molar-refractivity contribution is 8.15. The second-order valence-corrected chi connectivity index (χ2v) is 10.3. The van der Waals surface area contributed by atoms with Crippen LogP contribution in [0.5, 0.6) is 17.2 Å². The molecule has 0 aromatic heterocycles. The number of carbonyl (C=O) groups excluding carboxylic acids is 2. The van der Waals surface area contributed by atoms with E-state index in [1.54, 1.807) is 62.6 Å². The third-order valence-electron chi connectivity index (χ3n) is 5.94. The summed E-state index contributed by atoms with van der Waals surface area (Å²) in [6, 6.07) is 15.9. The van der Waals surface area contributed by atoms with E-state index in [4.69, 9.17) is 25.8 Å². The summed E-state index contributed by atoms with van der Waals surface area (Å²) >= 11 is 7.24. The third kappa shape index (κ3) is 6.61. The van der Waals surface area contributed by atoms with Gasteiger partial charge in [-0.3, -0.25) is 24.6 Å². The quantitative estimate of drug-likeness (QED) is 0.187. The number of amidine groups is 1. The molecule has 0 aliphatic carbocycles. The van der Waals surface area contributed by atoms with Crippen LogP contribution in [0.4, 0.5) is 17.1 Å². The largest absolute Gasteiger partial charge is 0.497 e. The SMILES string of the molecule is COc1ccc(/C=C2\N=C(S[C@@H](C)C(=O)Nc3cc([N+](=O)[O-])ccc3OC)N(c3ccc(Cl)c(OC)c3)C2=O)cc1. The highest BCUT2D eigenvalue weighted by atomic mass is 35.5. The predicted octanol–water partition coefficient (Wildman–Crippen LogP) is 5.78. The number of nitro groups is 1. The number of hydrogen-bond donors (Lipinski definition) is 1. The number of benzene rings is 3. The van der Waals surface area contributed by atoms with E-state index in [9.17, 15) is 19.7 Å². The van der Waals surface area contributed by atoms with E-state index in [1.807, 2.05) is 0 Å². The first-order valence-corrected chi connectivity index (χ1v) is 13.3. The maximum Gasteiger partial charge on any atom is 0.283 e. The lowest BCUT2D eigenvalue weighted by atomic mass is 10.2. The Bertz CT molecular complexity index is 1560. The van der Waals surface area contributed by atoms with Crippen LogP contribution in [0.25, 0.3) is 6.08 Å². The van der Waals surface area contributed by atoms with Gasteiger partial charge in [0.25, 0.3) is 11.6 Å². The molecule has 1 aliphatic heterocycles. The number of ether oxygens (including phenoxy) is 3. The summed E-state index contributed by atoms with van der Waals surface area (Å²) in [5.74, 6) is 0.386. The van der Waals surface area contributed by atoms with E-state index in [0.717, 1.165) is 17.3 Å². The van der Waals surface area contributed by atoms with Crippen LogP contribution in [0.2, 0.25) is 5.02 Å². The van der Waals surface area contributed by atoms with E-state index < -0.39 is 22.0 Å². The number of hydrogen-bond acceptors (Lipinski definition) is 9. The predicted molar refractivity (Wildman–Crippen MR) is 159 cm³/mol. The van der Waals surface area contributed by atoms with E-state index in [2.05, 4.69) is 10.3 Å². The van der Waals surface area contributed by atoms with Gasteiger partial charge < -0.3 is 19.5 Å². The third-order valence-corrected chi connectivity index (χ3v) is 7.31. The van der Waals surface area contributed by atoms with Crippen molar-refractivity contribution in [3.63, 3.8) is 0 Å². The van der Waals surface area contributed by atoms with Gasteiger partial charge >= 0.3 is 0 Å². The number of methoxy groups -OCH3 is 3. The number of nitrogens with zero attached hydrogens (tertiary/aromatic N) is 3. The van der Waals surface area contributed by atoms with Crippen molar-refractivity contribution in [1.82, 2.24) is 0 Å². The molecule has 13 heteroatoms. The Hall–Kier alpha value is -4.55. The maximum atomic E-state index is 13.6. The Morgan fingerprint density at radius 1 is 1.05 bits per heavy atom. The van der Waals surface area contributed by atoms with Gasteiger partial charge in [0, 0.05) is 18.2 Å².